The minimum Gasteiger partial charge on any atom is -0.314 e. The largest absolute Gasteiger partial charge is 0.314 e. The van der Waals surface area contributed by atoms with Gasteiger partial charge in [-0.2, -0.15) is 0 Å². The molecule has 1 aliphatic heterocycles. The molecule has 0 unspecified atom stereocenters. The molecule has 5 heteroatoms. The van der Waals surface area contributed by atoms with E-state index in [2.05, 4.69) is 36.2 Å². The maximum atomic E-state index is 6.06. The van der Waals surface area contributed by atoms with E-state index >= 15 is 0 Å². The summed E-state index contributed by atoms with van der Waals surface area (Å²) < 4.78 is 0. The highest BCUT2D eigenvalue weighted by molar-refractivity contribution is 6.30. The Morgan fingerprint density at radius 2 is 1.90 bits per heavy atom. The lowest BCUT2D eigenvalue weighted by atomic mass is 9.96. The summed E-state index contributed by atoms with van der Waals surface area (Å²) >= 11 is 6.06. The number of piperazine rings is 1. The number of hydrogen-bond acceptors (Lipinski definition) is 2. The number of aryl methyl sites for hydroxylation is 1. The summed E-state index contributed by atoms with van der Waals surface area (Å²) in [5.41, 5.74) is 2.77. The molecule has 0 saturated carbocycles. The third-order valence-corrected chi connectivity index (χ3v) is 3.98. The minimum absolute atomic E-state index is 0. The molecule has 1 N–H and O–H groups in total. The molecular weight excluding hydrogens is 315 g/mol. The Kier molecular flexibility index (Phi) is 9.86. The zero-order valence-electron chi connectivity index (χ0n) is 12.2. The molecule has 0 spiro atoms. The van der Waals surface area contributed by atoms with Crippen molar-refractivity contribution in [2.75, 3.05) is 26.2 Å². The SMILES string of the molecule is CCC[C@@H](c1ccc(Cl)cc1C)N1CCNCC1.Cl.Cl. The molecule has 2 rings (SSSR count). The van der Waals surface area contributed by atoms with E-state index in [1.165, 1.54) is 24.0 Å². The first-order valence-corrected chi connectivity index (χ1v) is 7.31. The van der Waals surface area contributed by atoms with Crippen LogP contribution in [0.4, 0.5) is 0 Å². The van der Waals surface area contributed by atoms with Crippen LogP contribution in [-0.2, 0) is 0 Å². The van der Waals surface area contributed by atoms with E-state index in [4.69, 9.17) is 11.6 Å². The monoisotopic (exact) mass is 338 g/mol. The molecule has 0 aliphatic carbocycles. The Hall–Kier alpha value is 0.01000. The van der Waals surface area contributed by atoms with Gasteiger partial charge in [-0.1, -0.05) is 31.0 Å². The minimum atomic E-state index is 0. The fourth-order valence-electron chi connectivity index (χ4n) is 2.82. The number of benzene rings is 1. The highest BCUT2D eigenvalue weighted by atomic mass is 35.5. The summed E-state index contributed by atoms with van der Waals surface area (Å²) in [5, 5.41) is 4.26. The number of hydrogen-bond donors (Lipinski definition) is 1. The Balaban J connectivity index is 0.00000180. The van der Waals surface area contributed by atoms with Crippen LogP contribution in [0.2, 0.25) is 5.02 Å². The number of rotatable bonds is 4. The molecule has 1 aliphatic rings. The van der Waals surface area contributed by atoms with E-state index in [1.807, 2.05) is 6.07 Å². The third kappa shape index (κ3) is 5.09. The van der Waals surface area contributed by atoms with Crippen LogP contribution in [0, 0.1) is 6.92 Å². The average Bonchev–Trinajstić information content (AvgIpc) is 2.38. The van der Waals surface area contributed by atoms with Gasteiger partial charge in [0.25, 0.3) is 0 Å². The lowest BCUT2D eigenvalue weighted by molar-refractivity contribution is 0.164. The van der Waals surface area contributed by atoms with E-state index in [1.54, 1.807) is 0 Å². The Morgan fingerprint density at radius 1 is 1.25 bits per heavy atom. The molecule has 2 nitrogen and oxygen atoms in total. The highest BCUT2D eigenvalue weighted by Gasteiger charge is 2.22. The molecule has 1 atom stereocenters. The first kappa shape index (κ1) is 20.0. The summed E-state index contributed by atoms with van der Waals surface area (Å²) in [6.45, 7) is 8.94. The summed E-state index contributed by atoms with van der Waals surface area (Å²) in [5.74, 6) is 0. The van der Waals surface area contributed by atoms with Crippen molar-refractivity contribution in [3.8, 4) is 0 Å². The van der Waals surface area contributed by atoms with Gasteiger partial charge in [-0.05, 0) is 36.6 Å². The molecule has 1 heterocycles. The molecule has 0 bridgehead atoms. The van der Waals surface area contributed by atoms with Gasteiger partial charge in [0.05, 0.1) is 0 Å². The zero-order chi connectivity index (χ0) is 13.0. The van der Waals surface area contributed by atoms with Gasteiger partial charge >= 0.3 is 0 Å². The van der Waals surface area contributed by atoms with Gasteiger partial charge in [-0.15, -0.1) is 24.8 Å². The highest BCUT2D eigenvalue weighted by Crippen LogP contribution is 2.29. The standard InChI is InChI=1S/C15H23ClN2.2ClH/c1-3-4-15(18-9-7-17-8-10-18)14-6-5-13(16)11-12(14)2;;/h5-6,11,15,17H,3-4,7-10H2,1-2H3;2*1H/t15-;;/m0../s1. The van der Waals surface area contributed by atoms with Crippen LogP contribution in [0.5, 0.6) is 0 Å². The lowest BCUT2D eigenvalue weighted by Crippen LogP contribution is -2.45. The molecule has 0 aromatic heterocycles. The van der Waals surface area contributed by atoms with Gasteiger partial charge in [0.15, 0.2) is 0 Å². The van der Waals surface area contributed by atoms with Gasteiger partial charge in [-0.25, -0.2) is 0 Å². The first-order chi connectivity index (χ1) is 8.72. The van der Waals surface area contributed by atoms with E-state index in [9.17, 15) is 0 Å². The van der Waals surface area contributed by atoms with Crippen molar-refractivity contribution in [3.63, 3.8) is 0 Å². The van der Waals surface area contributed by atoms with Gasteiger partial charge in [0.2, 0.25) is 0 Å². The quantitative estimate of drug-likeness (QED) is 0.882. The molecule has 116 valence electrons. The fraction of sp³-hybridized carbons (Fsp3) is 0.600. The van der Waals surface area contributed by atoms with Crippen molar-refractivity contribution in [1.82, 2.24) is 10.2 Å². The number of nitrogens with zero attached hydrogens (tertiary/aromatic N) is 1. The van der Waals surface area contributed by atoms with Crippen LogP contribution in [0.25, 0.3) is 0 Å². The van der Waals surface area contributed by atoms with Crippen molar-refractivity contribution in [3.05, 3.63) is 34.3 Å². The van der Waals surface area contributed by atoms with E-state index < -0.39 is 0 Å². The maximum absolute atomic E-state index is 6.06. The second-order valence-electron chi connectivity index (χ2n) is 5.09. The molecule has 1 fully saturated rings. The molecule has 1 aromatic rings. The average molecular weight is 340 g/mol. The van der Waals surface area contributed by atoms with Crippen LogP contribution in [0.15, 0.2) is 18.2 Å². The summed E-state index contributed by atoms with van der Waals surface area (Å²) in [7, 11) is 0. The smallest absolute Gasteiger partial charge is 0.0408 e. The molecular formula is C15H25Cl3N2. The van der Waals surface area contributed by atoms with Crippen molar-refractivity contribution >= 4 is 36.4 Å². The van der Waals surface area contributed by atoms with Crippen LogP contribution < -0.4 is 5.32 Å². The van der Waals surface area contributed by atoms with Crippen LogP contribution in [0.1, 0.15) is 36.9 Å². The maximum Gasteiger partial charge on any atom is 0.0408 e. The summed E-state index contributed by atoms with van der Waals surface area (Å²) in [4.78, 5) is 2.61. The van der Waals surface area contributed by atoms with E-state index in [0.717, 1.165) is 31.2 Å². The van der Waals surface area contributed by atoms with Crippen molar-refractivity contribution in [2.24, 2.45) is 0 Å². The third-order valence-electron chi connectivity index (χ3n) is 3.75. The van der Waals surface area contributed by atoms with Crippen LogP contribution in [0.3, 0.4) is 0 Å². The van der Waals surface area contributed by atoms with Crippen LogP contribution in [-0.4, -0.2) is 31.1 Å². The molecule has 20 heavy (non-hydrogen) atoms. The predicted octanol–water partition coefficient (Wildman–Crippen LogP) is 4.24. The summed E-state index contributed by atoms with van der Waals surface area (Å²) in [6.07, 6.45) is 2.44. The zero-order valence-corrected chi connectivity index (χ0v) is 14.6. The molecule has 1 saturated heterocycles. The Bertz CT molecular complexity index is 393. The first-order valence-electron chi connectivity index (χ1n) is 6.93. The van der Waals surface area contributed by atoms with E-state index in [0.29, 0.717) is 6.04 Å². The predicted molar refractivity (Wildman–Crippen MR) is 92.8 cm³/mol. The summed E-state index contributed by atoms with van der Waals surface area (Å²) in [6, 6.07) is 6.87. The van der Waals surface area contributed by atoms with Gasteiger partial charge in [0, 0.05) is 37.2 Å². The second kappa shape index (κ2) is 9.86. The second-order valence-corrected chi connectivity index (χ2v) is 5.53. The number of nitrogens with one attached hydrogen (secondary N) is 1. The van der Waals surface area contributed by atoms with Crippen molar-refractivity contribution in [1.29, 1.82) is 0 Å². The van der Waals surface area contributed by atoms with Gasteiger partial charge in [0.1, 0.15) is 0 Å². The normalized spacial score (nSPS) is 16.9. The van der Waals surface area contributed by atoms with E-state index in [-0.39, 0.29) is 24.8 Å². The topological polar surface area (TPSA) is 15.3 Å². The molecule has 0 radical (unpaired) electrons. The van der Waals surface area contributed by atoms with Crippen molar-refractivity contribution < 1.29 is 0 Å². The fourth-order valence-corrected chi connectivity index (χ4v) is 3.04. The van der Waals surface area contributed by atoms with Crippen molar-refractivity contribution in [2.45, 2.75) is 32.7 Å². The molecule has 0 amide bonds. The van der Waals surface area contributed by atoms with Gasteiger partial charge < -0.3 is 5.32 Å². The lowest BCUT2D eigenvalue weighted by Gasteiger charge is -2.36. The van der Waals surface area contributed by atoms with Crippen LogP contribution >= 0.6 is 36.4 Å². The Labute approximate surface area is 140 Å². The molecule has 1 aromatic carbocycles. The van der Waals surface area contributed by atoms with Gasteiger partial charge in [-0.3, -0.25) is 4.90 Å². The Morgan fingerprint density at radius 3 is 2.45 bits per heavy atom. The number of halogens is 3.